The van der Waals surface area contributed by atoms with E-state index < -0.39 is 5.91 Å². The summed E-state index contributed by atoms with van der Waals surface area (Å²) in [6.07, 6.45) is 0. The molecule has 0 fully saturated rings. The molecule has 0 unspecified atom stereocenters. The molecule has 1 N–H and O–H groups in total. The molecule has 33 heavy (non-hydrogen) atoms. The second-order valence-corrected chi connectivity index (χ2v) is 7.45. The minimum atomic E-state index is -0.418. The van der Waals surface area contributed by atoms with Gasteiger partial charge in [0.15, 0.2) is 12.4 Å². The second-order valence-electron chi connectivity index (χ2n) is 7.02. The van der Waals surface area contributed by atoms with Crippen molar-refractivity contribution in [1.82, 2.24) is 14.8 Å². The largest absolute Gasteiger partial charge is 0.497 e. The zero-order valence-electron chi connectivity index (χ0n) is 17.7. The van der Waals surface area contributed by atoms with Crippen molar-refractivity contribution in [3.05, 3.63) is 89.2 Å². The highest BCUT2D eigenvalue weighted by Gasteiger charge is 2.18. The van der Waals surface area contributed by atoms with Gasteiger partial charge in [-0.3, -0.25) is 4.79 Å². The minimum Gasteiger partial charge on any atom is -0.497 e. The first-order chi connectivity index (χ1) is 16.0. The van der Waals surface area contributed by atoms with Gasteiger partial charge in [0.05, 0.1) is 7.11 Å². The predicted octanol–water partition coefficient (Wildman–Crippen LogP) is 5.08. The van der Waals surface area contributed by atoms with Gasteiger partial charge in [-0.2, -0.15) is 9.67 Å². The summed E-state index contributed by atoms with van der Waals surface area (Å²) in [5.41, 5.74) is 1.53. The molecule has 168 valence electrons. The van der Waals surface area contributed by atoms with E-state index in [2.05, 4.69) is 15.4 Å². The van der Waals surface area contributed by atoms with Gasteiger partial charge >= 0.3 is 0 Å². The van der Waals surface area contributed by atoms with Crippen LogP contribution in [0.5, 0.6) is 11.5 Å². The van der Waals surface area contributed by atoms with Gasteiger partial charge in [0.2, 0.25) is 5.95 Å². The molecule has 3 aromatic carbocycles. The Morgan fingerprint density at radius 3 is 2.33 bits per heavy atom. The van der Waals surface area contributed by atoms with Gasteiger partial charge in [-0.05, 0) is 66.2 Å². The number of nitrogens with zero attached hydrogens (tertiary/aromatic N) is 3. The first kappa shape index (κ1) is 22.3. The molecule has 0 amide bonds. The van der Waals surface area contributed by atoms with Crippen LogP contribution >= 0.6 is 11.6 Å². The van der Waals surface area contributed by atoms with Crippen molar-refractivity contribution in [3.8, 4) is 22.9 Å². The van der Waals surface area contributed by atoms with E-state index in [1.165, 1.54) is 16.8 Å². The molecule has 7 nitrogen and oxygen atoms in total. The number of ether oxygens (including phenoxy) is 2. The molecular formula is C24H20ClFN4O3. The average molecular weight is 467 g/mol. The van der Waals surface area contributed by atoms with Crippen molar-refractivity contribution in [1.29, 1.82) is 0 Å². The lowest BCUT2D eigenvalue weighted by Crippen LogP contribution is -2.22. The Hall–Kier alpha value is -3.91. The van der Waals surface area contributed by atoms with Crippen molar-refractivity contribution in [2.75, 3.05) is 19.0 Å². The lowest BCUT2D eigenvalue weighted by molar-refractivity contribution is 0.0824. The van der Waals surface area contributed by atoms with Gasteiger partial charge in [-0.15, -0.1) is 5.10 Å². The summed E-state index contributed by atoms with van der Waals surface area (Å²) in [6, 6.07) is 19.9. The molecule has 1 heterocycles. The lowest BCUT2D eigenvalue weighted by Gasteiger charge is -2.09. The Kier molecular flexibility index (Phi) is 6.85. The molecule has 0 aliphatic heterocycles. The fourth-order valence-electron chi connectivity index (χ4n) is 2.98. The number of benzene rings is 3. The maximum Gasteiger partial charge on any atom is 0.287 e. The number of anilines is 1. The molecule has 1 aromatic heterocycles. The van der Waals surface area contributed by atoms with Gasteiger partial charge in [0.25, 0.3) is 5.91 Å². The molecule has 4 rings (SSSR count). The topological polar surface area (TPSA) is 78.3 Å². The molecule has 4 aromatic rings. The van der Waals surface area contributed by atoms with Crippen LogP contribution in [0.1, 0.15) is 10.4 Å². The summed E-state index contributed by atoms with van der Waals surface area (Å²) in [5, 5.41) is 8.05. The normalized spacial score (nSPS) is 10.6. The van der Waals surface area contributed by atoms with Gasteiger partial charge < -0.3 is 14.8 Å². The first-order valence-electron chi connectivity index (χ1n) is 10.0. The summed E-state index contributed by atoms with van der Waals surface area (Å²) in [6.45, 7) is 0.0740. The fourth-order valence-corrected chi connectivity index (χ4v) is 3.11. The number of carbonyl (C=O) groups is 1. The lowest BCUT2D eigenvalue weighted by atomic mass is 10.2. The highest BCUT2D eigenvalue weighted by atomic mass is 35.5. The van der Waals surface area contributed by atoms with Crippen molar-refractivity contribution in [3.63, 3.8) is 0 Å². The fraction of sp³-hybridized carbons (Fsp3) is 0.125. The Morgan fingerprint density at radius 2 is 1.67 bits per heavy atom. The Balaban J connectivity index is 1.56. The van der Waals surface area contributed by atoms with Crippen LogP contribution in [-0.4, -0.2) is 34.4 Å². The van der Waals surface area contributed by atoms with E-state index in [1.54, 1.807) is 67.8 Å². The van der Waals surface area contributed by atoms with Crippen LogP contribution in [0.4, 0.5) is 10.3 Å². The molecule has 0 saturated heterocycles. The van der Waals surface area contributed by atoms with Crippen LogP contribution in [0.3, 0.4) is 0 Å². The van der Waals surface area contributed by atoms with Crippen LogP contribution in [0.15, 0.2) is 72.8 Å². The number of halogens is 2. The molecule has 0 bridgehead atoms. The second kappa shape index (κ2) is 10.1. The summed E-state index contributed by atoms with van der Waals surface area (Å²) < 4.78 is 25.1. The summed E-state index contributed by atoms with van der Waals surface area (Å²) >= 11 is 5.88. The van der Waals surface area contributed by atoms with E-state index in [0.717, 1.165) is 5.56 Å². The first-order valence-corrected chi connectivity index (χ1v) is 10.4. The zero-order valence-corrected chi connectivity index (χ0v) is 18.4. The van der Waals surface area contributed by atoms with Crippen molar-refractivity contribution >= 4 is 23.5 Å². The Morgan fingerprint density at radius 1 is 1.00 bits per heavy atom. The smallest absolute Gasteiger partial charge is 0.287 e. The van der Waals surface area contributed by atoms with Gasteiger partial charge in [0, 0.05) is 17.1 Å². The number of carbonyl (C=O) groups excluding carboxylic acids is 1. The van der Waals surface area contributed by atoms with E-state index in [9.17, 15) is 9.18 Å². The van der Waals surface area contributed by atoms with Crippen LogP contribution in [-0.2, 0) is 6.54 Å². The summed E-state index contributed by atoms with van der Waals surface area (Å²) in [5.74, 6) is 1.07. The molecule has 0 saturated carbocycles. The number of methoxy groups -OCH3 is 1. The summed E-state index contributed by atoms with van der Waals surface area (Å²) in [7, 11) is 1.58. The van der Waals surface area contributed by atoms with Crippen LogP contribution in [0.25, 0.3) is 11.4 Å². The molecule has 9 heteroatoms. The number of hydrogen-bond acceptors (Lipinski definition) is 6. The molecular weight excluding hydrogens is 447 g/mol. The van der Waals surface area contributed by atoms with Gasteiger partial charge in [-0.25, -0.2) is 4.39 Å². The molecule has 0 atom stereocenters. The van der Waals surface area contributed by atoms with Gasteiger partial charge in [-0.1, -0.05) is 23.7 Å². The van der Waals surface area contributed by atoms with E-state index >= 15 is 0 Å². The van der Waals surface area contributed by atoms with Crippen LogP contribution in [0, 0.1) is 5.82 Å². The predicted molar refractivity (Wildman–Crippen MR) is 123 cm³/mol. The van der Waals surface area contributed by atoms with E-state index in [0.29, 0.717) is 34.5 Å². The van der Waals surface area contributed by atoms with E-state index in [1.807, 2.05) is 0 Å². The molecule has 0 radical (unpaired) electrons. The third kappa shape index (κ3) is 5.67. The SMILES string of the molecule is COc1ccc(-c2nc(NCc3ccc(F)cc3)n(C(=O)COc3ccc(Cl)cc3)n2)cc1. The number of nitrogens with one attached hydrogen (secondary N) is 1. The number of aromatic nitrogens is 3. The number of hydrogen-bond donors (Lipinski definition) is 1. The van der Waals surface area contributed by atoms with Crippen molar-refractivity contribution in [2.45, 2.75) is 6.54 Å². The minimum absolute atomic E-state index is 0.245. The van der Waals surface area contributed by atoms with E-state index in [-0.39, 0.29) is 18.4 Å². The zero-order chi connectivity index (χ0) is 23.2. The highest BCUT2D eigenvalue weighted by Crippen LogP contribution is 2.22. The monoisotopic (exact) mass is 466 g/mol. The van der Waals surface area contributed by atoms with Crippen LogP contribution in [0.2, 0.25) is 5.02 Å². The summed E-state index contributed by atoms with van der Waals surface area (Å²) in [4.78, 5) is 17.4. The van der Waals surface area contributed by atoms with Crippen LogP contribution < -0.4 is 14.8 Å². The Bertz CT molecular complexity index is 1230. The van der Waals surface area contributed by atoms with Crippen molar-refractivity contribution < 1.29 is 18.7 Å². The average Bonchev–Trinajstić information content (AvgIpc) is 3.27. The molecule has 0 spiro atoms. The molecule has 0 aliphatic rings. The third-order valence-corrected chi connectivity index (χ3v) is 4.98. The highest BCUT2D eigenvalue weighted by molar-refractivity contribution is 6.30. The molecule has 0 aliphatic carbocycles. The maximum atomic E-state index is 13.2. The Labute approximate surface area is 194 Å². The standard InChI is InChI=1S/C24H20ClFN4O3/c1-32-20-10-4-17(5-11-20)23-28-24(27-14-16-2-8-19(26)9-3-16)30(29-23)22(31)15-33-21-12-6-18(25)7-13-21/h2-13H,14-15H2,1H3,(H,27,28,29). The third-order valence-electron chi connectivity index (χ3n) is 4.73. The van der Waals surface area contributed by atoms with Gasteiger partial charge in [0.1, 0.15) is 17.3 Å². The van der Waals surface area contributed by atoms with E-state index in [4.69, 9.17) is 21.1 Å². The van der Waals surface area contributed by atoms with Crippen molar-refractivity contribution in [2.24, 2.45) is 0 Å². The number of rotatable bonds is 8. The maximum absolute atomic E-state index is 13.2. The quantitative estimate of drug-likeness (QED) is 0.390.